The van der Waals surface area contributed by atoms with Crippen LogP contribution in [0.15, 0.2) is 23.3 Å². The summed E-state index contributed by atoms with van der Waals surface area (Å²) in [5, 5.41) is 0.832. The molecule has 3 aromatic heterocycles. The molecule has 1 saturated heterocycles. The summed E-state index contributed by atoms with van der Waals surface area (Å²) < 4.78 is 0. The Hall–Kier alpha value is -2.32. The molecule has 7 nitrogen and oxygen atoms in total. The fraction of sp³-hybridized carbons (Fsp3) is 0.524. The molecule has 152 valence electrons. The number of thiophene rings is 1. The Bertz CT molecular complexity index is 1070. The highest BCUT2D eigenvalue weighted by Crippen LogP contribution is 2.36. The molecule has 0 amide bonds. The van der Waals surface area contributed by atoms with Gasteiger partial charge in [0.1, 0.15) is 10.7 Å². The number of aromatic nitrogens is 4. The lowest BCUT2D eigenvalue weighted by Gasteiger charge is -2.37. The van der Waals surface area contributed by atoms with Crippen molar-refractivity contribution in [3.63, 3.8) is 0 Å². The number of aromatic amines is 1. The van der Waals surface area contributed by atoms with E-state index >= 15 is 0 Å². The van der Waals surface area contributed by atoms with Crippen molar-refractivity contribution in [1.29, 1.82) is 0 Å². The minimum absolute atomic E-state index is 0.0280. The maximum absolute atomic E-state index is 12.9. The first kappa shape index (κ1) is 18.7. The maximum Gasteiger partial charge on any atom is 0.259 e. The van der Waals surface area contributed by atoms with Crippen LogP contribution in [0.4, 0.5) is 5.95 Å². The van der Waals surface area contributed by atoms with Crippen LogP contribution in [0.2, 0.25) is 0 Å². The van der Waals surface area contributed by atoms with E-state index in [1.165, 1.54) is 10.4 Å². The van der Waals surface area contributed by atoms with Crippen LogP contribution in [-0.2, 0) is 12.8 Å². The number of H-pyrrole nitrogens is 1. The van der Waals surface area contributed by atoms with Crippen molar-refractivity contribution < 1.29 is 0 Å². The summed E-state index contributed by atoms with van der Waals surface area (Å²) in [6, 6.07) is 1.91. The minimum Gasteiger partial charge on any atom is -0.338 e. The number of hydrogen-bond acceptors (Lipinski definition) is 7. The second-order valence-electron chi connectivity index (χ2n) is 8.23. The van der Waals surface area contributed by atoms with Crippen LogP contribution < -0.4 is 10.5 Å². The van der Waals surface area contributed by atoms with Gasteiger partial charge in [0.25, 0.3) is 5.56 Å². The van der Waals surface area contributed by atoms with Crippen LogP contribution in [0.3, 0.4) is 0 Å². The van der Waals surface area contributed by atoms with E-state index < -0.39 is 0 Å². The summed E-state index contributed by atoms with van der Waals surface area (Å²) in [6.45, 7) is 7.93. The van der Waals surface area contributed by atoms with Gasteiger partial charge in [-0.1, -0.05) is 6.92 Å². The zero-order chi connectivity index (χ0) is 20.0. The number of nitrogens with one attached hydrogen (secondary N) is 1. The molecule has 3 aromatic rings. The van der Waals surface area contributed by atoms with Crippen LogP contribution in [0.5, 0.6) is 0 Å². The Morgan fingerprint density at radius 2 is 1.97 bits per heavy atom. The van der Waals surface area contributed by atoms with E-state index in [4.69, 9.17) is 4.98 Å². The van der Waals surface area contributed by atoms with Crippen LogP contribution >= 0.6 is 11.3 Å². The lowest BCUT2D eigenvalue weighted by Crippen LogP contribution is -2.48. The number of rotatable bonds is 3. The van der Waals surface area contributed by atoms with Gasteiger partial charge in [0.15, 0.2) is 0 Å². The van der Waals surface area contributed by atoms with Crippen molar-refractivity contribution in [3.8, 4) is 0 Å². The van der Waals surface area contributed by atoms with Crippen molar-refractivity contribution in [2.24, 2.45) is 5.92 Å². The van der Waals surface area contributed by atoms with Gasteiger partial charge in [0.05, 0.1) is 11.4 Å². The number of aryl methyl sites for hydroxylation is 1. The summed E-state index contributed by atoms with van der Waals surface area (Å²) in [4.78, 5) is 36.5. The summed E-state index contributed by atoms with van der Waals surface area (Å²) in [6.07, 6.45) is 6.79. The molecule has 0 radical (unpaired) electrons. The normalized spacial score (nSPS) is 21.3. The van der Waals surface area contributed by atoms with Crippen molar-refractivity contribution in [2.45, 2.75) is 39.2 Å². The second kappa shape index (κ2) is 7.50. The summed E-state index contributed by atoms with van der Waals surface area (Å²) in [5.41, 5.74) is 1.27. The molecule has 1 aliphatic heterocycles. The highest BCUT2D eigenvalue weighted by Gasteiger charge is 2.27. The molecule has 0 spiro atoms. The predicted octanol–water partition coefficient (Wildman–Crippen LogP) is 2.78. The number of piperazine rings is 1. The summed E-state index contributed by atoms with van der Waals surface area (Å²) >= 11 is 1.72. The van der Waals surface area contributed by atoms with Crippen molar-refractivity contribution in [3.05, 3.63) is 45.1 Å². The molecule has 29 heavy (non-hydrogen) atoms. The van der Waals surface area contributed by atoms with E-state index in [9.17, 15) is 4.79 Å². The van der Waals surface area contributed by atoms with Crippen LogP contribution in [-0.4, -0.2) is 51.0 Å². The van der Waals surface area contributed by atoms with E-state index in [1.54, 1.807) is 23.7 Å². The SMILES string of the molecule is C[C@H]1CCc2c(sc3nc([C@H](C)N4CCN(c5ncccn5)CC4)[nH]c(=O)c23)C1. The number of nitrogens with zero attached hydrogens (tertiary/aromatic N) is 5. The highest BCUT2D eigenvalue weighted by atomic mass is 32.1. The molecule has 1 fully saturated rings. The highest BCUT2D eigenvalue weighted by molar-refractivity contribution is 7.18. The molecule has 0 bridgehead atoms. The average Bonchev–Trinajstić information content (AvgIpc) is 3.11. The number of hydrogen-bond donors (Lipinski definition) is 1. The molecule has 2 atom stereocenters. The van der Waals surface area contributed by atoms with Crippen LogP contribution in [0.1, 0.15) is 42.6 Å². The molecule has 4 heterocycles. The number of fused-ring (bicyclic) bond motifs is 3. The van der Waals surface area contributed by atoms with Gasteiger partial charge in [-0.05, 0) is 43.7 Å². The molecular formula is C21H26N6OS. The molecule has 0 aromatic carbocycles. The van der Waals surface area contributed by atoms with Gasteiger partial charge in [-0.2, -0.15) is 0 Å². The quantitative estimate of drug-likeness (QED) is 0.715. The molecule has 0 saturated carbocycles. The zero-order valence-corrected chi connectivity index (χ0v) is 17.7. The summed E-state index contributed by atoms with van der Waals surface area (Å²) in [7, 11) is 0. The fourth-order valence-electron chi connectivity index (χ4n) is 4.50. The lowest BCUT2D eigenvalue weighted by molar-refractivity contribution is 0.191. The summed E-state index contributed by atoms with van der Waals surface area (Å²) in [5.74, 6) is 2.25. The van der Waals surface area contributed by atoms with Crippen molar-refractivity contribution in [1.82, 2.24) is 24.8 Å². The van der Waals surface area contributed by atoms with Gasteiger partial charge in [0, 0.05) is 43.4 Å². The minimum atomic E-state index is 0.0280. The molecule has 0 unspecified atom stereocenters. The molecule has 5 rings (SSSR count). The second-order valence-corrected chi connectivity index (χ2v) is 9.31. The molecule has 2 aliphatic rings. The van der Waals surface area contributed by atoms with Crippen LogP contribution in [0, 0.1) is 5.92 Å². The van der Waals surface area contributed by atoms with Crippen LogP contribution in [0.25, 0.3) is 10.2 Å². The van der Waals surface area contributed by atoms with Crippen molar-refractivity contribution >= 4 is 27.5 Å². The van der Waals surface area contributed by atoms with Gasteiger partial charge in [-0.25, -0.2) is 15.0 Å². The first-order valence-electron chi connectivity index (χ1n) is 10.4. The lowest BCUT2D eigenvalue weighted by atomic mass is 9.89. The third-order valence-electron chi connectivity index (χ3n) is 6.28. The predicted molar refractivity (Wildman–Crippen MR) is 116 cm³/mol. The van der Waals surface area contributed by atoms with E-state index in [0.717, 1.165) is 67.4 Å². The third kappa shape index (κ3) is 3.44. The topological polar surface area (TPSA) is 78.0 Å². The van der Waals surface area contributed by atoms with E-state index in [1.807, 2.05) is 6.07 Å². The molecule has 8 heteroatoms. The monoisotopic (exact) mass is 410 g/mol. The fourth-order valence-corrected chi connectivity index (χ4v) is 5.89. The zero-order valence-electron chi connectivity index (χ0n) is 16.9. The third-order valence-corrected chi connectivity index (χ3v) is 7.42. The molecule has 1 N–H and O–H groups in total. The van der Waals surface area contributed by atoms with E-state index in [2.05, 4.69) is 38.6 Å². The van der Waals surface area contributed by atoms with Gasteiger partial charge < -0.3 is 9.88 Å². The molecular weight excluding hydrogens is 384 g/mol. The van der Waals surface area contributed by atoms with Gasteiger partial charge in [0.2, 0.25) is 5.95 Å². The average molecular weight is 411 g/mol. The Morgan fingerprint density at radius 3 is 2.72 bits per heavy atom. The van der Waals surface area contributed by atoms with Gasteiger partial charge in [-0.15, -0.1) is 11.3 Å². The van der Waals surface area contributed by atoms with Gasteiger partial charge in [-0.3, -0.25) is 9.69 Å². The van der Waals surface area contributed by atoms with E-state index in [0.29, 0.717) is 5.92 Å². The van der Waals surface area contributed by atoms with Crippen molar-refractivity contribution in [2.75, 3.05) is 31.1 Å². The number of anilines is 1. The Morgan fingerprint density at radius 1 is 1.21 bits per heavy atom. The largest absolute Gasteiger partial charge is 0.338 e. The Kier molecular flexibility index (Phi) is 4.83. The maximum atomic E-state index is 12.9. The van der Waals surface area contributed by atoms with E-state index in [-0.39, 0.29) is 11.6 Å². The Balaban J connectivity index is 1.36. The first-order chi connectivity index (χ1) is 14.1. The van der Waals surface area contributed by atoms with Gasteiger partial charge >= 0.3 is 0 Å². The molecule has 1 aliphatic carbocycles. The smallest absolute Gasteiger partial charge is 0.259 e. The Labute approximate surface area is 173 Å². The first-order valence-corrected chi connectivity index (χ1v) is 11.2. The standard InChI is InChI=1S/C21H26N6OS/c1-13-4-5-15-16(12-13)29-20-17(15)19(28)24-18(25-20)14(2)26-8-10-27(11-9-26)21-22-6-3-7-23-21/h3,6-7,13-14H,4-5,8-12H2,1-2H3,(H,24,25,28)/t13-,14-/m0/s1.